The van der Waals surface area contributed by atoms with Gasteiger partial charge in [-0.2, -0.15) is 0 Å². The smallest absolute Gasteiger partial charge is 0.268 e. The molecule has 114 valence electrons. The Balaban J connectivity index is 1.72. The van der Waals surface area contributed by atoms with Gasteiger partial charge in [-0.3, -0.25) is 18.9 Å². The van der Waals surface area contributed by atoms with Crippen LogP contribution in [0.25, 0.3) is 10.1 Å². The number of amides is 1. The Morgan fingerprint density at radius 1 is 1.36 bits per heavy atom. The van der Waals surface area contributed by atoms with E-state index in [1.165, 1.54) is 26.8 Å². The quantitative estimate of drug-likeness (QED) is 0.766. The second-order valence-electron chi connectivity index (χ2n) is 4.41. The topological polar surface area (TPSA) is 86.1 Å². The number of benzene rings is 1. The molecule has 0 aliphatic rings. The van der Waals surface area contributed by atoms with Crippen LogP contribution in [0.4, 0.5) is 5.13 Å². The Morgan fingerprint density at radius 2 is 2.18 bits per heavy atom. The van der Waals surface area contributed by atoms with Gasteiger partial charge in [-0.05, 0) is 12.1 Å². The van der Waals surface area contributed by atoms with E-state index in [1.54, 1.807) is 19.2 Å². The van der Waals surface area contributed by atoms with E-state index in [4.69, 9.17) is 4.74 Å². The number of nitrogens with zero attached hydrogens (tertiary/aromatic N) is 3. The predicted molar refractivity (Wildman–Crippen MR) is 85.3 cm³/mol. The molecule has 0 fully saturated rings. The largest absolute Gasteiger partial charge is 0.377 e. The molecular weight excluding hydrogens is 324 g/mol. The zero-order chi connectivity index (χ0) is 15.5. The highest BCUT2D eigenvalue weighted by Crippen LogP contribution is 2.17. The average molecular weight is 336 g/mol. The van der Waals surface area contributed by atoms with Crippen LogP contribution in [0.2, 0.25) is 0 Å². The van der Waals surface area contributed by atoms with Crippen molar-refractivity contribution >= 4 is 44.0 Å². The van der Waals surface area contributed by atoms with E-state index in [-0.39, 0.29) is 18.0 Å². The number of ether oxygens (including phenoxy) is 1. The number of carbonyl (C=O) groups is 1. The van der Waals surface area contributed by atoms with Gasteiger partial charge in [0.25, 0.3) is 5.56 Å². The summed E-state index contributed by atoms with van der Waals surface area (Å²) < 4.78 is 7.23. The lowest BCUT2D eigenvalue weighted by Crippen LogP contribution is -2.23. The number of anilines is 1. The van der Waals surface area contributed by atoms with Crippen LogP contribution in [0.15, 0.2) is 29.1 Å². The molecule has 1 N–H and O–H groups in total. The lowest BCUT2D eigenvalue weighted by Gasteiger charge is -2.00. The Morgan fingerprint density at radius 3 is 2.95 bits per heavy atom. The highest BCUT2D eigenvalue weighted by Gasteiger charge is 2.12. The summed E-state index contributed by atoms with van der Waals surface area (Å²) in [5, 5.41) is 12.1. The molecule has 22 heavy (non-hydrogen) atoms. The SMILES string of the molecule is COCc1nnc(NC(=O)Cn2sc3ccccc3c2=O)s1. The van der Waals surface area contributed by atoms with E-state index >= 15 is 0 Å². The van der Waals surface area contributed by atoms with E-state index in [1.807, 2.05) is 12.1 Å². The van der Waals surface area contributed by atoms with E-state index in [0.29, 0.717) is 22.1 Å². The third-order valence-electron chi connectivity index (χ3n) is 2.82. The van der Waals surface area contributed by atoms with Crippen LogP contribution in [0.5, 0.6) is 0 Å². The van der Waals surface area contributed by atoms with E-state index in [9.17, 15) is 9.59 Å². The summed E-state index contributed by atoms with van der Waals surface area (Å²) in [6.45, 7) is 0.306. The van der Waals surface area contributed by atoms with Crippen LogP contribution in [-0.2, 0) is 22.7 Å². The first kappa shape index (κ1) is 14.8. The second kappa shape index (κ2) is 6.34. The number of methoxy groups -OCH3 is 1. The van der Waals surface area contributed by atoms with Gasteiger partial charge in [0, 0.05) is 7.11 Å². The molecule has 0 aliphatic carbocycles. The first-order valence-corrected chi connectivity index (χ1v) is 7.96. The molecule has 1 aromatic carbocycles. The maximum atomic E-state index is 12.2. The Kier molecular flexibility index (Phi) is 4.27. The van der Waals surface area contributed by atoms with Crippen LogP contribution >= 0.6 is 22.9 Å². The normalized spacial score (nSPS) is 11.0. The molecule has 0 radical (unpaired) electrons. The fraction of sp³-hybridized carbons (Fsp3) is 0.231. The van der Waals surface area contributed by atoms with Crippen molar-refractivity contribution in [3.8, 4) is 0 Å². The molecule has 0 unspecified atom stereocenters. The third kappa shape index (κ3) is 3.06. The number of hydrogen-bond donors (Lipinski definition) is 1. The number of rotatable bonds is 5. The standard InChI is InChI=1S/C13H12N4O3S2/c1-20-7-11-15-16-13(21-11)14-10(18)6-17-12(19)8-4-2-3-5-9(8)22-17/h2-5H,6-7H2,1H3,(H,14,16,18). The van der Waals surface area contributed by atoms with Crippen molar-refractivity contribution in [2.75, 3.05) is 12.4 Å². The first-order valence-electron chi connectivity index (χ1n) is 6.37. The fourth-order valence-corrected chi connectivity index (χ4v) is 3.62. The number of fused-ring (bicyclic) bond motifs is 1. The molecule has 0 saturated heterocycles. The molecule has 7 nitrogen and oxygen atoms in total. The van der Waals surface area contributed by atoms with Crippen LogP contribution in [-0.4, -0.2) is 27.2 Å². The van der Waals surface area contributed by atoms with Crippen LogP contribution in [0, 0.1) is 0 Å². The zero-order valence-electron chi connectivity index (χ0n) is 11.6. The number of nitrogens with one attached hydrogen (secondary N) is 1. The van der Waals surface area contributed by atoms with Gasteiger partial charge in [-0.1, -0.05) is 35.0 Å². The molecule has 3 aromatic rings. The van der Waals surface area contributed by atoms with Crippen molar-refractivity contribution in [2.45, 2.75) is 13.2 Å². The summed E-state index contributed by atoms with van der Waals surface area (Å²) in [7, 11) is 1.56. The van der Waals surface area contributed by atoms with Crippen LogP contribution < -0.4 is 10.9 Å². The lowest BCUT2D eigenvalue weighted by molar-refractivity contribution is -0.116. The summed E-state index contributed by atoms with van der Waals surface area (Å²) in [6.07, 6.45) is 0. The van der Waals surface area contributed by atoms with Crippen molar-refractivity contribution in [1.82, 2.24) is 14.2 Å². The average Bonchev–Trinajstić information content (AvgIpc) is 3.05. The molecule has 0 atom stereocenters. The van der Waals surface area contributed by atoms with Crippen LogP contribution in [0.3, 0.4) is 0 Å². The Hall–Kier alpha value is -2.10. The van der Waals surface area contributed by atoms with Crippen molar-refractivity contribution in [1.29, 1.82) is 0 Å². The van der Waals surface area contributed by atoms with Gasteiger partial charge in [0.1, 0.15) is 18.2 Å². The Labute approximate surface area is 133 Å². The number of aromatic nitrogens is 3. The highest BCUT2D eigenvalue weighted by molar-refractivity contribution is 7.15. The van der Waals surface area contributed by atoms with E-state index in [2.05, 4.69) is 15.5 Å². The first-order chi connectivity index (χ1) is 10.7. The van der Waals surface area contributed by atoms with E-state index < -0.39 is 0 Å². The molecule has 3 rings (SSSR count). The summed E-state index contributed by atoms with van der Waals surface area (Å²) in [6, 6.07) is 7.28. The third-order valence-corrected chi connectivity index (χ3v) is 4.70. The summed E-state index contributed by atoms with van der Waals surface area (Å²) in [5.41, 5.74) is -0.159. The van der Waals surface area contributed by atoms with Gasteiger partial charge in [0.2, 0.25) is 11.0 Å². The Bertz CT molecular complexity index is 867. The predicted octanol–water partition coefficient (Wildman–Crippen LogP) is 1.70. The minimum absolute atomic E-state index is 0.0443. The fourth-order valence-electron chi connectivity index (χ4n) is 1.90. The molecule has 9 heteroatoms. The van der Waals surface area contributed by atoms with Crippen molar-refractivity contribution in [3.05, 3.63) is 39.6 Å². The highest BCUT2D eigenvalue weighted by atomic mass is 32.1. The maximum absolute atomic E-state index is 12.2. The molecular formula is C13H12N4O3S2. The molecule has 0 aliphatic heterocycles. The number of hydrogen-bond acceptors (Lipinski definition) is 7. The van der Waals surface area contributed by atoms with Gasteiger partial charge in [-0.15, -0.1) is 10.2 Å². The number of carbonyl (C=O) groups excluding carboxylic acids is 1. The van der Waals surface area contributed by atoms with Crippen LogP contribution in [0.1, 0.15) is 5.01 Å². The zero-order valence-corrected chi connectivity index (χ0v) is 13.2. The van der Waals surface area contributed by atoms with Crippen molar-refractivity contribution in [2.24, 2.45) is 0 Å². The summed E-state index contributed by atoms with van der Waals surface area (Å²) >= 11 is 2.51. The van der Waals surface area contributed by atoms with Crippen molar-refractivity contribution in [3.63, 3.8) is 0 Å². The summed E-state index contributed by atoms with van der Waals surface area (Å²) in [5.74, 6) is -0.311. The molecule has 0 bridgehead atoms. The minimum Gasteiger partial charge on any atom is -0.377 e. The van der Waals surface area contributed by atoms with Gasteiger partial charge in [-0.25, -0.2) is 0 Å². The molecule has 0 saturated carbocycles. The van der Waals surface area contributed by atoms with Gasteiger partial charge < -0.3 is 4.74 Å². The minimum atomic E-state index is -0.311. The van der Waals surface area contributed by atoms with E-state index in [0.717, 1.165) is 4.70 Å². The lowest BCUT2D eigenvalue weighted by atomic mass is 10.3. The van der Waals surface area contributed by atoms with Gasteiger partial charge >= 0.3 is 0 Å². The monoisotopic (exact) mass is 336 g/mol. The summed E-state index contributed by atoms with van der Waals surface area (Å²) in [4.78, 5) is 24.2. The van der Waals surface area contributed by atoms with Crippen molar-refractivity contribution < 1.29 is 9.53 Å². The van der Waals surface area contributed by atoms with Gasteiger partial charge in [0.15, 0.2) is 0 Å². The second-order valence-corrected chi connectivity index (χ2v) is 6.54. The molecule has 1 amide bonds. The van der Waals surface area contributed by atoms with Gasteiger partial charge in [0.05, 0.1) is 10.1 Å². The maximum Gasteiger partial charge on any atom is 0.268 e. The molecule has 2 aromatic heterocycles. The molecule has 0 spiro atoms. The molecule has 2 heterocycles.